The van der Waals surface area contributed by atoms with E-state index in [4.69, 9.17) is 11.6 Å². The Kier molecular flexibility index (Phi) is 3.18. The predicted octanol–water partition coefficient (Wildman–Crippen LogP) is 2.99. The number of non-ortho nitro benzene ring substituents is 1. The van der Waals surface area contributed by atoms with Gasteiger partial charge in [0.25, 0.3) is 10.9 Å². The molecule has 0 N–H and O–H groups in total. The number of nitro benzene ring substituents is 1. The van der Waals surface area contributed by atoms with Crippen LogP contribution in [0.2, 0.25) is 0 Å². The molecule has 86 valence electrons. The summed E-state index contributed by atoms with van der Waals surface area (Å²) in [5.74, 6) is 0. The number of hydrogen-bond donors (Lipinski definition) is 0. The summed E-state index contributed by atoms with van der Waals surface area (Å²) in [6, 6.07) is 1.61. The molecule has 0 radical (unpaired) electrons. The van der Waals surface area contributed by atoms with Crippen LogP contribution in [0.5, 0.6) is 0 Å². The number of hydrogen-bond acceptors (Lipinski definition) is 3. The molecular formula is C8H3ClF3NO3. The quantitative estimate of drug-likeness (QED) is 0.462. The van der Waals surface area contributed by atoms with Crippen molar-refractivity contribution in [2.24, 2.45) is 0 Å². The van der Waals surface area contributed by atoms with E-state index < -0.39 is 33.2 Å². The Labute approximate surface area is 91.8 Å². The Morgan fingerprint density at radius 3 is 2.31 bits per heavy atom. The maximum Gasteiger partial charge on any atom is 0.417 e. The van der Waals surface area contributed by atoms with Gasteiger partial charge >= 0.3 is 6.18 Å². The first-order valence-corrected chi connectivity index (χ1v) is 4.16. The van der Waals surface area contributed by atoms with Crippen molar-refractivity contribution in [1.82, 2.24) is 0 Å². The lowest BCUT2D eigenvalue weighted by molar-refractivity contribution is -0.384. The van der Waals surface area contributed by atoms with Crippen molar-refractivity contribution in [3.8, 4) is 0 Å². The highest BCUT2D eigenvalue weighted by atomic mass is 35.5. The molecule has 0 saturated heterocycles. The van der Waals surface area contributed by atoms with E-state index in [1.165, 1.54) is 0 Å². The van der Waals surface area contributed by atoms with Gasteiger partial charge < -0.3 is 0 Å². The van der Waals surface area contributed by atoms with Gasteiger partial charge in [-0.15, -0.1) is 0 Å². The molecule has 16 heavy (non-hydrogen) atoms. The highest BCUT2D eigenvalue weighted by Crippen LogP contribution is 2.34. The van der Waals surface area contributed by atoms with Crippen molar-refractivity contribution in [3.05, 3.63) is 39.4 Å². The first-order chi connectivity index (χ1) is 7.23. The average molecular weight is 254 g/mol. The second-order valence-corrected chi connectivity index (χ2v) is 3.10. The molecule has 0 bridgehead atoms. The maximum absolute atomic E-state index is 12.4. The van der Waals surface area contributed by atoms with Crippen molar-refractivity contribution < 1.29 is 22.9 Å². The van der Waals surface area contributed by atoms with Gasteiger partial charge in [-0.2, -0.15) is 13.2 Å². The van der Waals surface area contributed by atoms with Crippen molar-refractivity contribution in [3.63, 3.8) is 0 Å². The molecule has 1 aromatic rings. The van der Waals surface area contributed by atoms with Gasteiger partial charge in [0.05, 0.1) is 16.1 Å². The molecule has 0 heterocycles. The fraction of sp³-hybridized carbons (Fsp3) is 0.125. The maximum atomic E-state index is 12.4. The minimum Gasteiger partial charge on any atom is -0.276 e. The van der Waals surface area contributed by atoms with E-state index in [-0.39, 0.29) is 0 Å². The zero-order chi connectivity index (χ0) is 12.5. The summed E-state index contributed by atoms with van der Waals surface area (Å²) in [6.45, 7) is 0. The number of carbonyl (C=O) groups excluding carboxylic acids is 1. The molecule has 0 saturated carbocycles. The molecule has 0 unspecified atom stereocenters. The smallest absolute Gasteiger partial charge is 0.276 e. The molecule has 1 aromatic carbocycles. The van der Waals surface area contributed by atoms with Crippen LogP contribution in [-0.4, -0.2) is 10.2 Å². The van der Waals surface area contributed by atoms with E-state index in [2.05, 4.69) is 0 Å². The summed E-state index contributed by atoms with van der Waals surface area (Å²) in [5.41, 5.74) is -2.85. The third-order valence-corrected chi connectivity index (χ3v) is 1.93. The molecule has 1 rings (SSSR count). The Morgan fingerprint density at radius 2 is 1.94 bits per heavy atom. The summed E-state index contributed by atoms with van der Waals surface area (Å²) >= 11 is 4.93. The van der Waals surface area contributed by atoms with Gasteiger partial charge in [-0.3, -0.25) is 14.9 Å². The van der Waals surface area contributed by atoms with Crippen LogP contribution in [0.25, 0.3) is 0 Å². The SMILES string of the molecule is O=C(Cl)c1cc([N+](=O)[O-])ccc1C(F)(F)F. The molecule has 0 atom stereocenters. The molecule has 0 aromatic heterocycles. The number of benzene rings is 1. The fourth-order valence-corrected chi connectivity index (χ4v) is 1.21. The normalized spacial score (nSPS) is 11.2. The molecule has 0 fully saturated rings. The number of alkyl halides is 3. The zero-order valence-electron chi connectivity index (χ0n) is 7.42. The fourth-order valence-electron chi connectivity index (χ4n) is 1.06. The van der Waals surface area contributed by atoms with Gasteiger partial charge in [-0.25, -0.2) is 0 Å². The van der Waals surface area contributed by atoms with Gasteiger partial charge in [-0.1, -0.05) is 0 Å². The Bertz CT molecular complexity index is 458. The highest BCUT2D eigenvalue weighted by molar-refractivity contribution is 6.68. The number of nitrogens with zero attached hydrogens (tertiary/aromatic N) is 1. The highest BCUT2D eigenvalue weighted by Gasteiger charge is 2.35. The molecule has 0 aliphatic rings. The second-order valence-electron chi connectivity index (χ2n) is 2.76. The van der Waals surface area contributed by atoms with Crippen molar-refractivity contribution in [2.75, 3.05) is 0 Å². The number of carbonyl (C=O) groups is 1. The van der Waals surface area contributed by atoms with E-state index in [1.54, 1.807) is 0 Å². The lowest BCUT2D eigenvalue weighted by Gasteiger charge is -2.09. The van der Waals surface area contributed by atoms with Crippen LogP contribution >= 0.6 is 11.6 Å². The van der Waals surface area contributed by atoms with Gasteiger partial charge in [0.2, 0.25) is 0 Å². The second kappa shape index (κ2) is 4.09. The molecule has 4 nitrogen and oxygen atoms in total. The van der Waals surface area contributed by atoms with Gasteiger partial charge in [-0.05, 0) is 17.7 Å². The van der Waals surface area contributed by atoms with Crippen molar-refractivity contribution >= 4 is 22.5 Å². The van der Waals surface area contributed by atoms with E-state index in [0.717, 1.165) is 0 Å². The number of halogens is 4. The van der Waals surface area contributed by atoms with E-state index in [0.29, 0.717) is 18.2 Å². The van der Waals surface area contributed by atoms with Crippen LogP contribution in [0.15, 0.2) is 18.2 Å². The third-order valence-electron chi connectivity index (χ3n) is 1.73. The largest absolute Gasteiger partial charge is 0.417 e. The lowest BCUT2D eigenvalue weighted by Crippen LogP contribution is -2.11. The Balaban J connectivity index is 3.43. The monoisotopic (exact) mass is 253 g/mol. The number of rotatable bonds is 2. The average Bonchev–Trinajstić information content (AvgIpc) is 2.15. The van der Waals surface area contributed by atoms with Gasteiger partial charge in [0, 0.05) is 12.1 Å². The number of nitro groups is 1. The van der Waals surface area contributed by atoms with E-state index in [9.17, 15) is 28.1 Å². The van der Waals surface area contributed by atoms with E-state index >= 15 is 0 Å². The molecule has 0 aliphatic heterocycles. The molecular weight excluding hydrogens is 251 g/mol. The summed E-state index contributed by atoms with van der Waals surface area (Å²) in [5, 5.41) is 8.91. The van der Waals surface area contributed by atoms with E-state index in [1.807, 2.05) is 0 Å². The minimum atomic E-state index is -4.78. The van der Waals surface area contributed by atoms with Crippen LogP contribution < -0.4 is 0 Å². The third kappa shape index (κ3) is 2.48. The van der Waals surface area contributed by atoms with Crippen LogP contribution in [-0.2, 0) is 6.18 Å². The summed E-state index contributed by atoms with van der Waals surface area (Å²) in [4.78, 5) is 20.1. The zero-order valence-corrected chi connectivity index (χ0v) is 8.17. The first-order valence-electron chi connectivity index (χ1n) is 3.79. The van der Waals surface area contributed by atoms with Crippen molar-refractivity contribution in [2.45, 2.75) is 6.18 Å². The standard InChI is InChI=1S/C8H3ClF3NO3/c9-7(14)5-3-4(13(15)16)1-2-6(5)8(10,11)12/h1-3H. The minimum absolute atomic E-state index is 0.452. The summed E-state index contributed by atoms with van der Waals surface area (Å²) in [6.07, 6.45) is -4.78. The first kappa shape index (κ1) is 12.4. The van der Waals surface area contributed by atoms with Crippen LogP contribution in [0.3, 0.4) is 0 Å². The Morgan fingerprint density at radius 1 is 1.38 bits per heavy atom. The van der Waals surface area contributed by atoms with Crippen LogP contribution in [0.1, 0.15) is 15.9 Å². The molecule has 0 aliphatic carbocycles. The topological polar surface area (TPSA) is 60.2 Å². The van der Waals surface area contributed by atoms with Crippen molar-refractivity contribution in [1.29, 1.82) is 0 Å². The molecule has 0 spiro atoms. The van der Waals surface area contributed by atoms with Gasteiger partial charge in [0.15, 0.2) is 0 Å². The lowest BCUT2D eigenvalue weighted by atomic mass is 10.1. The van der Waals surface area contributed by atoms with Crippen LogP contribution in [0.4, 0.5) is 18.9 Å². The van der Waals surface area contributed by atoms with Gasteiger partial charge in [0.1, 0.15) is 0 Å². The Hall–Kier alpha value is -1.63. The summed E-state index contributed by atoms with van der Waals surface area (Å²) < 4.78 is 37.1. The predicted molar refractivity (Wildman–Crippen MR) is 48.3 cm³/mol. The summed E-state index contributed by atoms with van der Waals surface area (Å²) in [7, 11) is 0. The molecule has 0 amide bonds. The van der Waals surface area contributed by atoms with Crippen LogP contribution in [0, 0.1) is 10.1 Å². The molecule has 8 heteroatoms.